The summed E-state index contributed by atoms with van der Waals surface area (Å²) in [6.07, 6.45) is 3.25. The largest absolute Gasteiger partial charge is 0.343 e. The van der Waals surface area contributed by atoms with Gasteiger partial charge in [-0.15, -0.1) is 22.7 Å². The summed E-state index contributed by atoms with van der Waals surface area (Å²) in [7, 11) is 0. The van der Waals surface area contributed by atoms with Crippen molar-refractivity contribution >= 4 is 39.6 Å². The first-order valence-electron chi connectivity index (χ1n) is 9.13. The molecule has 0 saturated carbocycles. The van der Waals surface area contributed by atoms with Gasteiger partial charge in [-0.3, -0.25) is 9.59 Å². The van der Waals surface area contributed by atoms with Crippen molar-refractivity contribution in [2.75, 3.05) is 18.4 Å². The van der Waals surface area contributed by atoms with Gasteiger partial charge in [0.25, 0.3) is 0 Å². The second-order valence-electron chi connectivity index (χ2n) is 6.23. The van der Waals surface area contributed by atoms with Crippen LogP contribution in [0, 0.1) is 6.92 Å². The number of amides is 2. The number of aromatic nitrogens is 1. The molecule has 0 aliphatic heterocycles. The van der Waals surface area contributed by atoms with Crippen LogP contribution in [0.3, 0.4) is 0 Å². The Morgan fingerprint density at radius 3 is 2.50 bits per heavy atom. The van der Waals surface area contributed by atoms with Crippen molar-refractivity contribution in [1.29, 1.82) is 0 Å². The number of nitrogens with zero attached hydrogens (tertiary/aromatic N) is 2. The van der Waals surface area contributed by atoms with E-state index in [1.54, 1.807) is 11.3 Å². The number of aryl methyl sites for hydroxylation is 1. The van der Waals surface area contributed by atoms with Gasteiger partial charge in [0.1, 0.15) is 0 Å². The van der Waals surface area contributed by atoms with Crippen LogP contribution < -0.4 is 5.32 Å². The summed E-state index contributed by atoms with van der Waals surface area (Å²) in [5.74, 6) is 0.0599. The van der Waals surface area contributed by atoms with E-state index in [0.29, 0.717) is 24.4 Å². The normalized spacial score (nSPS) is 10.7. The van der Waals surface area contributed by atoms with Crippen LogP contribution in [0.25, 0.3) is 10.6 Å². The quantitative estimate of drug-likeness (QED) is 0.622. The van der Waals surface area contributed by atoms with Crippen LogP contribution >= 0.6 is 22.7 Å². The van der Waals surface area contributed by atoms with Gasteiger partial charge in [0.05, 0.1) is 10.6 Å². The van der Waals surface area contributed by atoms with Gasteiger partial charge in [-0.2, -0.15) is 0 Å². The molecule has 0 spiro atoms. The second kappa shape index (κ2) is 10.4. The molecule has 0 saturated heterocycles. The lowest BCUT2D eigenvalue weighted by molar-refractivity contribution is -0.131. The van der Waals surface area contributed by atoms with Gasteiger partial charge in [-0.05, 0) is 38.3 Å². The minimum atomic E-state index is -0.0846. The Labute approximate surface area is 163 Å². The summed E-state index contributed by atoms with van der Waals surface area (Å²) in [4.78, 5) is 33.0. The third-order valence-electron chi connectivity index (χ3n) is 3.88. The maximum Gasteiger partial charge on any atom is 0.226 e. The van der Waals surface area contributed by atoms with E-state index in [-0.39, 0.29) is 11.8 Å². The van der Waals surface area contributed by atoms with Crippen molar-refractivity contribution in [2.24, 2.45) is 0 Å². The Morgan fingerprint density at radius 1 is 1.15 bits per heavy atom. The van der Waals surface area contributed by atoms with Crippen molar-refractivity contribution in [3.8, 4) is 10.6 Å². The molecule has 0 aromatic carbocycles. The molecule has 142 valence electrons. The van der Waals surface area contributed by atoms with Crippen LogP contribution in [0.5, 0.6) is 0 Å². The van der Waals surface area contributed by atoms with Crippen molar-refractivity contribution in [2.45, 2.75) is 52.9 Å². The molecule has 2 aromatic heterocycles. The minimum absolute atomic E-state index is 0.0846. The molecule has 0 unspecified atom stereocenters. The van der Waals surface area contributed by atoms with Crippen LogP contribution in [0.1, 0.15) is 50.8 Å². The van der Waals surface area contributed by atoms with Crippen molar-refractivity contribution < 1.29 is 9.59 Å². The van der Waals surface area contributed by atoms with E-state index in [9.17, 15) is 9.59 Å². The highest BCUT2D eigenvalue weighted by molar-refractivity contribution is 7.17. The topological polar surface area (TPSA) is 62.3 Å². The number of hydrogen-bond acceptors (Lipinski definition) is 5. The first-order chi connectivity index (χ1) is 12.5. The number of carbonyl (C=O) groups excluding carboxylic acids is 2. The average Bonchev–Trinajstić information content (AvgIpc) is 3.23. The van der Waals surface area contributed by atoms with Crippen molar-refractivity contribution in [3.05, 3.63) is 22.4 Å². The van der Waals surface area contributed by atoms with Crippen molar-refractivity contribution in [3.63, 3.8) is 0 Å². The van der Waals surface area contributed by atoms with Gasteiger partial charge in [-0.1, -0.05) is 13.8 Å². The third-order valence-corrected chi connectivity index (χ3v) is 5.66. The average molecular weight is 394 g/mol. The Hall–Kier alpha value is -1.73. The van der Waals surface area contributed by atoms with Crippen LogP contribution in [0.15, 0.2) is 17.5 Å². The van der Waals surface area contributed by atoms with Crippen molar-refractivity contribution in [1.82, 2.24) is 9.88 Å². The van der Waals surface area contributed by atoms with E-state index in [2.05, 4.69) is 37.1 Å². The van der Waals surface area contributed by atoms with E-state index in [1.165, 1.54) is 16.2 Å². The molecule has 0 bridgehead atoms. The molecule has 2 heterocycles. The summed E-state index contributed by atoms with van der Waals surface area (Å²) in [6, 6.07) is 4.11. The SMILES string of the molecule is CCCN(CCC)C(=O)CCCC(=O)Nc1nc(-c2ccc(C)s2)cs1. The summed E-state index contributed by atoms with van der Waals surface area (Å²) in [5.41, 5.74) is 0.897. The molecule has 2 amide bonds. The van der Waals surface area contributed by atoms with Gasteiger partial charge in [0.15, 0.2) is 5.13 Å². The maximum absolute atomic E-state index is 12.2. The fourth-order valence-electron chi connectivity index (χ4n) is 2.66. The minimum Gasteiger partial charge on any atom is -0.343 e. The molecule has 7 heteroatoms. The predicted molar refractivity (Wildman–Crippen MR) is 110 cm³/mol. The second-order valence-corrected chi connectivity index (χ2v) is 8.38. The predicted octanol–water partition coefficient (Wildman–Crippen LogP) is 4.94. The van der Waals surface area contributed by atoms with Crippen LogP contribution in [0.2, 0.25) is 0 Å². The Kier molecular flexibility index (Phi) is 8.25. The summed E-state index contributed by atoms with van der Waals surface area (Å²) in [5, 5.41) is 5.41. The monoisotopic (exact) mass is 393 g/mol. The summed E-state index contributed by atoms with van der Waals surface area (Å²) < 4.78 is 0. The lowest BCUT2D eigenvalue weighted by atomic mass is 10.2. The fraction of sp³-hybridized carbons (Fsp3) is 0.526. The first-order valence-corrected chi connectivity index (χ1v) is 10.8. The standard InChI is InChI=1S/C19H27N3O2S2/c1-4-11-22(12-5-2)18(24)8-6-7-17(23)21-19-20-15(13-25-19)16-10-9-14(3)26-16/h9-10,13H,4-8,11-12H2,1-3H3,(H,20,21,23). The molecule has 1 N–H and O–H groups in total. The van der Waals surface area contributed by atoms with Gasteiger partial charge in [0.2, 0.25) is 11.8 Å². The maximum atomic E-state index is 12.2. The smallest absolute Gasteiger partial charge is 0.226 e. The summed E-state index contributed by atoms with van der Waals surface area (Å²) in [6.45, 7) is 7.80. The van der Waals surface area contributed by atoms with Crippen LogP contribution in [-0.2, 0) is 9.59 Å². The molecule has 0 atom stereocenters. The van der Waals surface area contributed by atoms with Gasteiger partial charge >= 0.3 is 0 Å². The molecular weight excluding hydrogens is 366 g/mol. The zero-order chi connectivity index (χ0) is 18.9. The lowest BCUT2D eigenvalue weighted by Gasteiger charge is -2.21. The number of carbonyl (C=O) groups is 2. The fourth-order valence-corrected chi connectivity index (χ4v) is 4.29. The van der Waals surface area contributed by atoms with Crippen LogP contribution in [-0.4, -0.2) is 34.8 Å². The molecule has 5 nitrogen and oxygen atoms in total. The molecule has 0 aliphatic carbocycles. The van der Waals surface area contributed by atoms with E-state index in [0.717, 1.165) is 36.5 Å². The van der Waals surface area contributed by atoms with Gasteiger partial charge in [-0.25, -0.2) is 4.98 Å². The lowest BCUT2D eigenvalue weighted by Crippen LogP contribution is -2.32. The molecule has 0 fully saturated rings. The van der Waals surface area contributed by atoms with E-state index in [1.807, 2.05) is 16.3 Å². The summed E-state index contributed by atoms with van der Waals surface area (Å²) >= 11 is 3.12. The van der Waals surface area contributed by atoms with Gasteiger partial charge in [0, 0.05) is 36.2 Å². The highest BCUT2D eigenvalue weighted by Crippen LogP contribution is 2.30. The molecule has 26 heavy (non-hydrogen) atoms. The highest BCUT2D eigenvalue weighted by atomic mass is 32.1. The zero-order valence-corrected chi connectivity index (χ0v) is 17.3. The number of rotatable bonds is 10. The number of hydrogen-bond donors (Lipinski definition) is 1. The number of anilines is 1. The van der Waals surface area contributed by atoms with Crippen LogP contribution in [0.4, 0.5) is 5.13 Å². The molecular formula is C19H27N3O2S2. The molecule has 2 aromatic rings. The zero-order valence-electron chi connectivity index (χ0n) is 15.7. The number of thiophene rings is 1. The Bertz CT molecular complexity index is 718. The molecule has 2 rings (SSSR count). The molecule has 0 aliphatic rings. The van der Waals surface area contributed by atoms with Gasteiger partial charge < -0.3 is 10.2 Å². The van der Waals surface area contributed by atoms with E-state index in [4.69, 9.17) is 0 Å². The Morgan fingerprint density at radius 2 is 1.88 bits per heavy atom. The first kappa shape index (κ1) is 20.6. The highest BCUT2D eigenvalue weighted by Gasteiger charge is 2.13. The van der Waals surface area contributed by atoms with E-state index < -0.39 is 0 Å². The third kappa shape index (κ3) is 6.21. The van der Waals surface area contributed by atoms with E-state index >= 15 is 0 Å². The Balaban J connectivity index is 1.77. The number of thiazole rings is 1. The molecule has 0 radical (unpaired) electrons. The number of nitrogens with one attached hydrogen (secondary N) is 1.